The quantitative estimate of drug-likeness (QED) is 0.353. The van der Waals surface area contributed by atoms with Crippen LogP contribution in [0.1, 0.15) is 73.0 Å². The molecule has 10 nitrogen and oxygen atoms in total. The van der Waals surface area contributed by atoms with Crippen molar-refractivity contribution in [3.63, 3.8) is 0 Å². The van der Waals surface area contributed by atoms with Crippen molar-refractivity contribution in [2.24, 2.45) is 5.92 Å². The number of nitrogens with zero attached hydrogens (tertiary/aromatic N) is 3. The van der Waals surface area contributed by atoms with Crippen LogP contribution in [-0.2, 0) is 39.0 Å². The minimum Gasteiger partial charge on any atom is -0.487 e. The average Bonchev–Trinajstić information content (AvgIpc) is 3.60. The predicted molar refractivity (Wildman–Crippen MR) is 192 cm³/mol. The molecule has 4 aliphatic rings. The minimum absolute atomic E-state index is 0.0419. The van der Waals surface area contributed by atoms with Crippen LogP contribution in [0.25, 0.3) is 0 Å². The number of methoxy groups -OCH3 is 1. The van der Waals surface area contributed by atoms with Gasteiger partial charge in [0.25, 0.3) is 5.91 Å². The number of fused-ring (bicyclic) bond motifs is 4. The van der Waals surface area contributed by atoms with Gasteiger partial charge < -0.3 is 19.3 Å². The van der Waals surface area contributed by atoms with E-state index < -0.39 is 39.0 Å². The van der Waals surface area contributed by atoms with E-state index in [1.165, 1.54) is 18.6 Å². The molecule has 6 rings (SSSR count). The van der Waals surface area contributed by atoms with E-state index in [0.717, 1.165) is 66.9 Å². The van der Waals surface area contributed by atoms with Crippen LogP contribution in [0.15, 0.2) is 42.2 Å². The van der Waals surface area contributed by atoms with Crippen LogP contribution in [0.4, 0.5) is 10.1 Å². The first-order valence-corrected chi connectivity index (χ1v) is 19.7. The maximum absolute atomic E-state index is 15.7. The topological polar surface area (TPSA) is 108 Å². The highest BCUT2D eigenvalue weighted by Crippen LogP contribution is 2.35. The number of ether oxygens (including phenoxy) is 2. The Morgan fingerprint density at radius 1 is 1.04 bits per heavy atom. The molecular weight excluding hydrogens is 683 g/mol. The summed E-state index contributed by atoms with van der Waals surface area (Å²) in [7, 11) is -2.54. The summed E-state index contributed by atoms with van der Waals surface area (Å²) in [6.45, 7) is 7.17. The van der Waals surface area contributed by atoms with E-state index in [0.29, 0.717) is 45.1 Å². The number of carbonyl (C=O) groups is 2. The van der Waals surface area contributed by atoms with Crippen molar-refractivity contribution < 1.29 is 31.9 Å². The van der Waals surface area contributed by atoms with Gasteiger partial charge in [0.15, 0.2) is 0 Å². The van der Waals surface area contributed by atoms with Crippen LogP contribution in [0.3, 0.4) is 0 Å². The van der Waals surface area contributed by atoms with Gasteiger partial charge in [0.1, 0.15) is 24.2 Å². The number of likely N-dealkylation sites (tertiary alicyclic amines) is 2. The van der Waals surface area contributed by atoms with E-state index in [-0.39, 0.29) is 24.0 Å². The Balaban J connectivity index is 1.13. The Morgan fingerprint density at radius 3 is 2.46 bits per heavy atom. The van der Waals surface area contributed by atoms with Crippen molar-refractivity contribution >= 4 is 39.1 Å². The molecule has 0 saturated carbocycles. The van der Waals surface area contributed by atoms with Crippen molar-refractivity contribution in [3.05, 3.63) is 69.5 Å². The molecule has 0 aliphatic carbocycles. The molecule has 2 aromatic rings. The molecule has 272 valence electrons. The fourth-order valence-corrected chi connectivity index (χ4v) is 8.92. The zero-order valence-corrected chi connectivity index (χ0v) is 30.7. The number of sulfonamides is 1. The van der Waals surface area contributed by atoms with Gasteiger partial charge in [0.2, 0.25) is 15.9 Å². The molecular formula is C37H48ClFN4O6S. The third kappa shape index (κ3) is 7.98. The zero-order chi connectivity index (χ0) is 35.6. The summed E-state index contributed by atoms with van der Waals surface area (Å²) < 4.78 is 56.6. The lowest BCUT2D eigenvalue weighted by Crippen LogP contribution is -2.59. The molecule has 4 aliphatic heterocycles. The molecule has 4 bridgehead atoms. The first-order chi connectivity index (χ1) is 23.9. The summed E-state index contributed by atoms with van der Waals surface area (Å²) in [5.41, 5.74) is 4.47. The molecule has 0 aromatic heterocycles. The number of hydrogen-bond acceptors (Lipinski definition) is 8. The SMILES string of the molecule is COC1CN(C(=O)[C@@H](/C(F)=C/C[C@H](C)[C@@H](C)S(=O)(=O)NC(=O)c2ccc3c(c2)N2CCCCc4cc(Cl)cc(c4CO3)CC2)N2CCCC2)C1. The molecule has 4 heterocycles. The van der Waals surface area contributed by atoms with E-state index in [1.807, 2.05) is 17.0 Å². The largest absolute Gasteiger partial charge is 0.487 e. The second-order valence-electron chi connectivity index (χ2n) is 14.1. The molecule has 0 radical (unpaired) electrons. The zero-order valence-electron chi connectivity index (χ0n) is 29.1. The molecule has 1 N–H and O–H groups in total. The maximum Gasteiger partial charge on any atom is 0.264 e. The highest BCUT2D eigenvalue weighted by molar-refractivity contribution is 7.90. The average molecular weight is 731 g/mol. The predicted octanol–water partition coefficient (Wildman–Crippen LogP) is 5.27. The van der Waals surface area contributed by atoms with Crippen molar-refractivity contribution in [2.75, 3.05) is 51.3 Å². The Kier molecular flexibility index (Phi) is 11.4. The highest BCUT2D eigenvalue weighted by atomic mass is 35.5. The van der Waals surface area contributed by atoms with Gasteiger partial charge in [-0.3, -0.25) is 14.5 Å². The number of nitrogens with one attached hydrogen (secondary N) is 1. The van der Waals surface area contributed by atoms with Crippen LogP contribution in [0, 0.1) is 5.92 Å². The Bertz CT molecular complexity index is 1730. The lowest BCUT2D eigenvalue weighted by molar-refractivity contribution is -0.147. The summed E-state index contributed by atoms with van der Waals surface area (Å²) in [4.78, 5) is 32.4. The van der Waals surface area contributed by atoms with E-state index in [4.69, 9.17) is 21.1 Å². The van der Waals surface area contributed by atoms with Crippen molar-refractivity contribution in [3.8, 4) is 5.75 Å². The fourth-order valence-electron chi connectivity index (χ4n) is 7.37. The lowest BCUT2D eigenvalue weighted by atomic mass is 9.94. The van der Waals surface area contributed by atoms with Crippen LogP contribution >= 0.6 is 11.6 Å². The second kappa shape index (κ2) is 15.6. The normalized spacial score (nSPS) is 20.5. The summed E-state index contributed by atoms with van der Waals surface area (Å²) >= 11 is 6.46. The second-order valence-corrected chi connectivity index (χ2v) is 16.6. The number of amides is 2. The van der Waals surface area contributed by atoms with Gasteiger partial charge in [-0.15, -0.1) is 0 Å². The molecule has 2 aromatic carbocycles. The summed E-state index contributed by atoms with van der Waals surface area (Å²) in [5, 5.41) is -0.292. The Labute approximate surface area is 300 Å². The first-order valence-electron chi connectivity index (χ1n) is 17.7. The molecule has 2 saturated heterocycles. The van der Waals surface area contributed by atoms with Crippen molar-refractivity contribution in [2.45, 2.75) is 82.8 Å². The van der Waals surface area contributed by atoms with Gasteiger partial charge in [-0.2, -0.15) is 0 Å². The standard InChI is InChI=1S/C37H48ClFN4O6S/c1-24(9-11-32(39)35(42-15-6-7-16-42)37(45)43-21-30(22-43)48-3)25(2)50(46,47)40-36(44)28-10-12-34-33(20-28)41-14-5-4-8-26-18-29(38)19-27(13-17-41)31(26)23-49-34/h10-12,18-20,24-25,30,35H,4-9,13-17,21-23H2,1-3H3,(H,40,44)/b32-11-/t24-,25+,35+/m0/s1. The first kappa shape index (κ1) is 36.6. The van der Waals surface area contributed by atoms with E-state index >= 15 is 4.39 Å². The van der Waals surface area contributed by atoms with Crippen LogP contribution in [0.2, 0.25) is 5.02 Å². The van der Waals surface area contributed by atoms with Crippen LogP contribution in [0.5, 0.6) is 5.75 Å². The number of halogens is 2. The van der Waals surface area contributed by atoms with Gasteiger partial charge >= 0.3 is 0 Å². The molecule has 0 spiro atoms. The number of rotatable bonds is 10. The van der Waals surface area contributed by atoms with Crippen LogP contribution in [-0.4, -0.2) is 93.8 Å². The van der Waals surface area contributed by atoms with Gasteiger partial charge in [0, 0.05) is 43.9 Å². The van der Waals surface area contributed by atoms with Gasteiger partial charge in [-0.25, -0.2) is 17.5 Å². The number of benzene rings is 2. The summed E-state index contributed by atoms with van der Waals surface area (Å²) in [6, 6.07) is 8.03. The highest BCUT2D eigenvalue weighted by Gasteiger charge is 2.40. The number of hydrogen-bond donors (Lipinski definition) is 1. The number of carbonyl (C=O) groups excluding carboxylic acids is 2. The van der Waals surface area contributed by atoms with E-state index in [1.54, 1.807) is 37.1 Å². The third-order valence-corrected chi connectivity index (χ3v) is 12.9. The van der Waals surface area contributed by atoms with Crippen LogP contribution < -0.4 is 14.4 Å². The monoisotopic (exact) mass is 730 g/mol. The molecule has 2 amide bonds. The van der Waals surface area contributed by atoms with E-state index in [9.17, 15) is 18.0 Å². The molecule has 50 heavy (non-hydrogen) atoms. The Morgan fingerprint density at radius 2 is 1.74 bits per heavy atom. The maximum atomic E-state index is 15.7. The van der Waals surface area contributed by atoms with Crippen molar-refractivity contribution in [1.29, 1.82) is 0 Å². The molecule has 2 fully saturated rings. The number of aryl methyl sites for hydroxylation is 1. The molecule has 13 heteroatoms. The van der Waals surface area contributed by atoms with E-state index in [2.05, 4.69) is 9.62 Å². The number of anilines is 1. The fraction of sp³-hybridized carbons (Fsp3) is 0.568. The smallest absolute Gasteiger partial charge is 0.264 e. The van der Waals surface area contributed by atoms with Gasteiger partial charge in [0.05, 0.1) is 17.0 Å². The lowest BCUT2D eigenvalue weighted by Gasteiger charge is -2.41. The Hall–Kier alpha value is -3.19. The van der Waals surface area contributed by atoms with Gasteiger partial charge in [-0.05, 0) is 118 Å². The minimum atomic E-state index is -4.13. The third-order valence-electron chi connectivity index (χ3n) is 10.8. The number of allylic oxidation sites excluding steroid dienone is 1. The summed E-state index contributed by atoms with van der Waals surface area (Å²) in [6.07, 6.45) is 6.76. The van der Waals surface area contributed by atoms with Gasteiger partial charge in [-0.1, -0.05) is 24.6 Å². The van der Waals surface area contributed by atoms with Crippen molar-refractivity contribution in [1.82, 2.24) is 14.5 Å². The molecule has 0 unspecified atom stereocenters. The molecule has 3 atom stereocenters. The summed E-state index contributed by atoms with van der Waals surface area (Å²) in [5.74, 6) is -1.51.